The molecule has 0 aliphatic rings. The Kier molecular flexibility index (Phi) is 8.46. The third kappa shape index (κ3) is 6.19. The van der Waals surface area contributed by atoms with Crippen molar-refractivity contribution in [3.63, 3.8) is 0 Å². The lowest BCUT2D eigenvalue weighted by Gasteiger charge is -2.12. The molecule has 3 aromatic rings. The van der Waals surface area contributed by atoms with Gasteiger partial charge in [0, 0.05) is 15.7 Å². The molecule has 0 fully saturated rings. The minimum Gasteiger partial charge on any atom is -0.487 e. The second-order valence-electron chi connectivity index (χ2n) is 6.50. The molecule has 0 spiro atoms. The van der Waals surface area contributed by atoms with Gasteiger partial charge in [-0.3, -0.25) is 4.79 Å². The number of anilines is 1. The molecule has 8 heteroatoms. The van der Waals surface area contributed by atoms with Crippen LogP contribution in [0.25, 0.3) is 6.08 Å². The van der Waals surface area contributed by atoms with Crippen molar-refractivity contribution in [2.45, 2.75) is 6.61 Å². The zero-order valence-electron chi connectivity index (χ0n) is 16.4. The number of amides is 1. The number of nitrogens with zero attached hydrogens (tertiary/aromatic N) is 2. The Hall–Kier alpha value is -2.66. The Labute approximate surface area is 216 Å². The van der Waals surface area contributed by atoms with E-state index in [1.807, 2.05) is 30.3 Å². The number of rotatable bonds is 6. The average molecular weight is 663 g/mol. The van der Waals surface area contributed by atoms with E-state index in [0.29, 0.717) is 27.0 Å². The van der Waals surface area contributed by atoms with Gasteiger partial charge in [-0.25, -0.2) is 0 Å². The van der Waals surface area contributed by atoms with E-state index < -0.39 is 5.91 Å². The Balaban J connectivity index is 1.78. The molecule has 0 aliphatic heterocycles. The maximum absolute atomic E-state index is 12.5. The van der Waals surface area contributed by atoms with Crippen LogP contribution >= 0.6 is 54.5 Å². The Morgan fingerprint density at radius 1 is 1.09 bits per heavy atom. The molecule has 0 bridgehead atoms. The zero-order chi connectivity index (χ0) is 23.1. The lowest BCUT2D eigenvalue weighted by molar-refractivity contribution is -0.112. The molecule has 3 rings (SSSR count). The van der Waals surface area contributed by atoms with E-state index in [0.717, 1.165) is 13.6 Å². The van der Waals surface area contributed by atoms with Crippen molar-refractivity contribution in [1.29, 1.82) is 10.5 Å². The predicted molar refractivity (Wildman–Crippen MR) is 139 cm³/mol. The highest BCUT2D eigenvalue weighted by molar-refractivity contribution is 14.1. The van der Waals surface area contributed by atoms with Crippen molar-refractivity contribution >= 4 is 72.1 Å². The summed E-state index contributed by atoms with van der Waals surface area (Å²) in [6, 6.07) is 22.1. The Bertz CT molecular complexity index is 1250. The second-order valence-corrected chi connectivity index (χ2v) is 9.43. The molecule has 0 unspecified atom stereocenters. The van der Waals surface area contributed by atoms with Gasteiger partial charge < -0.3 is 10.1 Å². The van der Waals surface area contributed by atoms with Crippen LogP contribution in [0.4, 0.5) is 5.69 Å². The van der Waals surface area contributed by atoms with Crippen LogP contribution in [0.2, 0.25) is 0 Å². The highest BCUT2D eigenvalue weighted by Crippen LogP contribution is 2.33. The summed E-state index contributed by atoms with van der Waals surface area (Å²) in [5.41, 5.74) is 2.60. The largest absolute Gasteiger partial charge is 0.487 e. The highest BCUT2D eigenvalue weighted by Gasteiger charge is 2.13. The number of nitrogens with one attached hydrogen (secondary N) is 1. The summed E-state index contributed by atoms with van der Waals surface area (Å²) in [5, 5.41) is 21.4. The van der Waals surface area contributed by atoms with Crippen LogP contribution in [-0.4, -0.2) is 5.91 Å². The molecular weight excluding hydrogens is 649 g/mol. The highest BCUT2D eigenvalue weighted by atomic mass is 127. The smallest absolute Gasteiger partial charge is 0.266 e. The SMILES string of the molecule is N#C/C(=C/c1cc(Br)c(OCc2ccccc2C#N)c(I)c1)C(=O)Nc1ccc(Br)cc1. The first kappa shape index (κ1) is 24.0. The van der Waals surface area contributed by atoms with Crippen LogP contribution < -0.4 is 10.1 Å². The van der Waals surface area contributed by atoms with Gasteiger partial charge in [0.15, 0.2) is 0 Å². The summed E-state index contributed by atoms with van der Waals surface area (Å²) in [5.74, 6) is 0.128. The van der Waals surface area contributed by atoms with Gasteiger partial charge in [0.05, 0.1) is 19.7 Å². The fourth-order valence-corrected chi connectivity index (χ4v) is 4.79. The van der Waals surface area contributed by atoms with Gasteiger partial charge in [-0.15, -0.1) is 0 Å². The molecule has 0 saturated carbocycles. The summed E-state index contributed by atoms with van der Waals surface area (Å²) in [7, 11) is 0. The molecule has 0 radical (unpaired) electrons. The van der Waals surface area contributed by atoms with Crippen molar-refractivity contribution in [3.8, 4) is 17.9 Å². The normalized spacial score (nSPS) is 10.7. The Morgan fingerprint density at radius 2 is 1.81 bits per heavy atom. The summed E-state index contributed by atoms with van der Waals surface area (Å²) in [6.07, 6.45) is 1.52. The van der Waals surface area contributed by atoms with E-state index in [1.54, 1.807) is 36.4 Å². The molecule has 158 valence electrons. The number of carbonyl (C=O) groups excluding carboxylic acids is 1. The van der Waals surface area contributed by atoms with Gasteiger partial charge >= 0.3 is 0 Å². The topological polar surface area (TPSA) is 85.9 Å². The maximum Gasteiger partial charge on any atom is 0.266 e. The fourth-order valence-electron chi connectivity index (χ4n) is 2.75. The van der Waals surface area contributed by atoms with Gasteiger partial charge in [-0.1, -0.05) is 34.1 Å². The molecule has 1 amide bonds. The second kappa shape index (κ2) is 11.3. The van der Waals surface area contributed by atoms with Crippen molar-refractivity contribution in [1.82, 2.24) is 0 Å². The van der Waals surface area contributed by atoms with Crippen LogP contribution in [0.3, 0.4) is 0 Å². The molecule has 1 N–H and O–H groups in total. The van der Waals surface area contributed by atoms with E-state index in [1.165, 1.54) is 6.08 Å². The van der Waals surface area contributed by atoms with Crippen LogP contribution in [0, 0.1) is 26.2 Å². The molecule has 5 nitrogen and oxygen atoms in total. The van der Waals surface area contributed by atoms with Gasteiger partial charge in [0.2, 0.25) is 0 Å². The van der Waals surface area contributed by atoms with E-state index in [2.05, 4.69) is 65.8 Å². The molecular formula is C24H14Br2IN3O2. The fraction of sp³-hybridized carbons (Fsp3) is 0.0417. The third-order valence-electron chi connectivity index (χ3n) is 4.31. The standard InChI is InChI=1S/C24H14Br2IN3O2/c25-19-5-7-20(8-6-19)30-24(31)18(13-29)9-15-10-21(26)23(22(27)11-15)32-14-17-4-2-1-3-16(17)12-28/h1-11H,14H2,(H,30,31)/b18-9-. The number of halogens is 3. The van der Waals surface area contributed by atoms with Crippen LogP contribution in [-0.2, 0) is 11.4 Å². The van der Waals surface area contributed by atoms with E-state index in [4.69, 9.17) is 4.74 Å². The lowest BCUT2D eigenvalue weighted by Crippen LogP contribution is -2.13. The monoisotopic (exact) mass is 661 g/mol. The number of carbonyl (C=O) groups is 1. The summed E-state index contributed by atoms with van der Waals surface area (Å²) < 4.78 is 8.31. The van der Waals surface area contributed by atoms with Crippen LogP contribution in [0.15, 0.2) is 75.2 Å². The summed E-state index contributed by atoms with van der Waals surface area (Å²) >= 11 is 8.98. The average Bonchev–Trinajstić information content (AvgIpc) is 2.78. The first-order valence-electron chi connectivity index (χ1n) is 9.20. The van der Waals surface area contributed by atoms with E-state index in [-0.39, 0.29) is 12.2 Å². The third-order valence-corrected chi connectivity index (χ3v) is 6.23. The number of hydrogen-bond donors (Lipinski definition) is 1. The van der Waals surface area contributed by atoms with Gasteiger partial charge in [-0.05, 0) is 92.6 Å². The van der Waals surface area contributed by atoms with E-state index >= 15 is 0 Å². The number of hydrogen-bond acceptors (Lipinski definition) is 4. The van der Waals surface area contributed by atoms with Gasteiger partial charge in [-0.2, -0.15) is 10.5 Å². The number of nitriles is 2. The minimum absolute atomic E-state index is 0.0211. The minimum atomic E-state index is -0.491. The van der Waals surface area contributed by atoms with E-state index in [9.17, 15) is 15.3 Å². The van der Waals surface area contributed by atoms with Crippen molar-refractivity contribution in [3.05, 3.63) is 95.4 Å². The molecule has 0 aliphatic carbocycles. The van der Waals surface area contributed by atoms with Gasteiger partial charge in [0.25, 0.3) is 5.91 Å². The van der Waals surface area contributed by atoms with Crippen molar-refractivity contribution < 1.29 is 9.53 Å². The van der Waals surface area contributed by atoms with Crippen LogP contribution in [0.1, 0.15) is 16.7 Å². The first-order valence-corrected chi connectivity index (χ1v) is 11.9. The quantitative estimate of drug-likeness (QED) is 0.179. The number of benzene rings is 3. The summed E-state index contributed by atoms with van der Waals surface area (Å²) in [4.78, 5) is 12.5. The van der Waals surface area contributed by atoms with Crippen LogP contribution in [0.5, 0.6) is 5.75 Å². The lowest BCUT2D eigenvalue weighted by atomic mass is 10.1. The molecule has 0 saturated heterocycles. The van der Waals surface area contributed by atoms with Crippen molar-refractivity contribution in [2.75, 3.05) is 5.32 Å². The first-order chi connectivity index (χ1) is 15.4. The predicted octanol–water partition coefficient (Wildman–Crippen LogP) is 6.81. The molecule has 32 heavy (non-hydrogen) atoms. The molecule has 3 aromatic carbocycles. The summed E-state index contributed by atoms with van der Waals surface area (Å²) in [6.45, 7) is 0.243. The zero-order valence-corrected chi connectivity index (χ0v) is 21.7. The van der Waals surface area contributed by atoms with Crippen molar-refractivity contribution in [2.24, 2.45) is 0 Å². The molecule has 0 aromatic heterocycles. The molecule has 0 heterocycles. The van der Waals surface area contributed by atoms with Gasteiger partial charge in [0.1, 0.15) is 24.0 Å². The Morgan fingerprint density at radius 3 is 2.47 bits per heavy atom. The maximum atomic E-state index is 12.5. The molecule has 0 atom stereocenters. The number of ether oxygens (including phenoxy) is 1.